The highest BCUT2D eigenvalue weighted by atomic mass is 19.4. The highest BCUT2D eigenvalue weighted by molar-refractivity contribution is 5.55. The van der Waals surface area contributed by atoms with Crippen LogP contribution in [0.5, 0.6) is 0 Å². The first-order valence-corrected chi connectivity index (χ1v) is 18.0. The second kappa shape index (κ2) is 13.1. The fourth-order valence-corrected chi connectivity index (χ4v) is 11.1. The van der Waals surface area contributed by atoms with E-state index in [1.54, 1.807) is 0 Å². The predicted molar refractivity (Wildman–Crippen MR) is 172 cm³/mol. The Bertz CT molecular complexity index is 1270. The Labute approximate surface area is 280 Å². The average Bonchev–Trinajstić information content (AvgIpc) is 3.36. The topological polar surface area (TPSA) is 61.3 Å². The number of rotatable bonds is 12. The lowest BCUT2D eigenvalue weighted by molar-refractivity contribution is -0.431. The predicted octanol–water partition coefficient (Wildman–Crippen LogP) is 11.3. The molecule has 4 fully saturated rings. The van der Waals surface area contributed by atoms with Crippen molar-refractivity contribution in [1.82, 2.24) is 0 Å². The number of hydrogen-bond acceptors (Lipinski definition) is 3. The van der Waals surface area contributed by atoms with Crippen molar-refractivity contribution >= 4 is 11.4 Å². The van der Waals surface area contributed by atoms with E-state index in [4.69, 9.17) is 11.5 Å². The van der Waals surface area contributed by atoms with Gasteiger partial charge in [0.05, 0.1) is 6.61 Å². The molecule has 2 unspecified atom stereocenters. The monoisotopic (exact) mass is 694 g/mol. The number of benzene rings is 1. The minimum Gasteiger partial charge on any atom is -0.399 e. The molecule has 9 atom stereocenters. The van der Waals surface area contributed by atoms with Crippen molar-refractivity contribution in [2.45, 2.75) is 135 Å². The van der Waals surface area contributed by atoms with E-state index in [2.05, 4.69) is 25.5 Å². The molecule has 3 nitrogen and oxygen atoms in total. The Morgan fingerprint density at radius 1 is 0.750 bits per heavy atom. The minimum absolute atomic E-state index is 0.269. The Balaban J connectivity index is 1.13. The van der Waals surface area contributed by atoms with Gasteiger partial charge in [-0.25, -0.2) is 0 Å². The summed E-state index contributed by atoms with van der Waals surface area (Å²) in [7, 11) is 0. The molecule has 11 heteroatoms. The average molecular weight is 695 g/mol. The number of nitrogen functional groups attached to an aromatic ring is 2. The summed E-state index contributed by atoms with van der Waals surface area (Å²) in [6.07, 6.45) is 9.03. The van der Waals surface area contributed by atoms with Crippen LogP contribution in [0.4, 0.5) is 46.5 Å². The molecule has 4 saturated carbocycles. The molecule has 5 rings (SSSR count). The van der Waals surface area contributed by atoms with Gasteiger partial charge in [-0.3, -0.25) is 0 Å². The van der Waals surface area contributed by atoms with Crippen molar-refractivity contribution in [2.24, 2.45) is 52.3 Å². The van der Waals surface area contributed by atoms with Gasteiger partial charge in [0.15, 0.2) is 0 Å². The molecule has 0 aromatic heterocycles. The lowest BCUT2D eigenvalue weighted by Crippen LogP contribution is -2.62. The molecular weight excluding hydrogens is 640 g/mol. The number of nitrogens with two attached hydrogens (primary N) is 2. The smallest absolute Gasteiger partial charge is 0.399 e. The van der Waals surface area contributed by atoms with E-state index in [-0.39, 0.29) is 5.41 Å². The van der Waals surface area contributed by atoms with E-state index in [1.165, 1.54) is 71.1 Å². The Kier molecular flexibility index (Phi) is 10.2. The first-order chi connectivity index (χ1) is 22.2. The quantitative estimate of drug-likeness (QED) is 0.169. The maximum Gasteiger partial charge on any atom is 0.426 e. The largest absolute Gasteiger partial charge is 0.426 e. The van der Waals surface area contributed by atoms with Crippen molar-refractivity contribution < 1.29 is 39.9 Å². The standard InChI is InChI=1S/C37H54F8N2O/c1-22(21-48-37(44,45)36(42,43)35(40,41)34(38,39)25-18-26(46)20-27(47)19-25)8-7-9-23(2)29-13-14-30-28-12-11-24-10-5-6-16-32(24,3)31(28)15-17-33(29,30)4/h18-20,22-24,28-31H,5-17,21,46-47H2,1-4H3/t22?,23-,24?,28+,29-,30+,31+,32+,33-/m1/s1. The van der Waals surface area contributed by atoms with Gasteiger partial charge in [-0.2, -0.15) is 35.1 Å². The van der Waals surface area contributed by atoms with Crippen LogP contribution in [0.2, 0.25) is 0 Å². The molecule has 0 amide bonds. The van der Waals surface area contributed by atoms with Gasteiger partial charge in [-0.05, 0) is 128 Å². The molecule has 4 aliphatic carbocycles. The van der Waals surface area contributed by atoms with Gasteiger partial charge >= 0.3 is 23.9 Å². The Morgan fingerprint density at radius 3 is 2.06 bits per heavy atom. The zero-order valence-corrected chi connectivity index (χ0v) is 28.8. The number of halogens is 8. The van der Waals surface area contributed by atoms with Crippen LogP contribution in [0.25, 0.3) is 0 Å². The van der Waals surface area contributed by atoms with Crippen molar-refractivity contribution in [3.05, 3.63) is 23.8 Å². The summed E-state index contributed by atoms with van der Waals surface area (Å²) in [5.41, 5.74) is 8.68. The van der Waals surface area contributed by atoms with Gasteiger partial charge in [0.2, 0.25) is 0 Å². The molecule has 48 heavy (non-hydrogen) atoms. The number of fused-ring (bicyclic) bond motifs is 5. The minimum atomic E-state index is -6.54. The maximum absolute atomic E-state index is 14.7. The molecule has 1 aromatic carbocycles. The van der Waals surface area contributed by atoms with Crippen LogP contribution < -0.4 is 11.5 Å². The van der Waals surface area contributed by atoms with Crippen LogP contribution >= 0.6 is 0 Å². The second-order valence-corrected chi connectivity index (χ2v) is 16.6. The first kappa shape index (κ1) is 37.5. The highest BCUT2D eigenvalue weighted by Crippen LogP contribution is 2.68. The third kappa shape index (κ3) is 6.22. The van der Waals surface area contributed by atoms with E-state index in [0.717, 1.165) is 36.2 Å². The lowest BCUT2D eigenvalue weighted by Gasteiger charge is -2.61. The van der Waals surface area contributed by atoms with Gasteiger partial charge < -0.3 is 16.2 Å². The van der Waals surface area contributed by atoms with Crippen LogP contribution in [0, 0.1) is 52.3 Å². The lowest BCUT2D eigenvalue weighted by atomic mass is 9.44. The fraction of sp³-hybridized carbons (Fsp3) is 0.838. The Morgan fingerprint density at radius 2 is 1.40 bits per heavy atom. The Hall–Kier alpha value is -1.78. The van der Waals surface area contributed by atoms with E-state index >= 15 is 0 Å². The molecule has 4 aliphatic rings. The molecule has 0 heterocycles. The zero-order chi connectivity index (χ0) is 35.5. The third-order valence-corrected chi connectivity index (χ3v) is 13.7. The summed E-state index contributed by atoms with van der Waals surface area (Å²) in [5.74, 6) is -15.3. The van der Waals surface area contributed by atoms with E-state index in [9.17, 15) is 35.1 Å². The summed E-state index contributed by atoms with van der Waals surface area (Å²) in [6, 6.07) is 1.52. The normalized spacial score (nSPS) is 34.2. The van der Waals surface area contributed by atoms with Gasteiger partial charge in [-0.15, -0.1) is 0 Å². The highest BCUT2D eigenvalue weighted by Gasteiger charge is 2.82. The van der Waals surface area contributed by atoms with Crippen molar-refractivity contribution in [3.63, 3.8) is 0 Å². The number of alkyl halides is 8. The third-order valence-electron chi connectivity index (χ3n) is 13.7. The molecular formula is C37H54F8N2O. The molecule has 274 valence electrons. The fourth-order valence-electron chi connectivity index (χ4n) is 11.1. The number of hydrogen-bond donors (Lipinski definition) is 2. The van der Waals surface area contributed by atoms with Crippen molar-refractivity contribution in [3.8, 4) is 0 Å². The van der Waals surface area contributed by atoms with Crippen LogP contribution in [0.1, 0.15) is 117 Å². The van der Waals surface area contributed by atoms with Crippen molar-refractivity contribution in [1.29, 1.82) is 0 Å². The van der Waals surface area contributed by atoms with Gasteiger partial charge in [0.25, 0.3) is 0 Å². The summed E-state index contributed by atoms with van der Waals surface area (Å²) < 4.78 is 121. The molecule has 0 saturated heterocycles. The number of anilines is 2. The molecule has 4 N–H and O–H groups in total. The van der Waals surface area contributed by atoms with Gasteiger partial charge in [-0.1, -0.05) is 53.4 Å². The number of ether oxygens (including phenoxy) is 1. The maximum atomic E-state index is 14.7. The van der Waals surface area contributed by atoms with Crippen LogP contribution in [-0.4, -0.2) is 24.6 Å². The second-order valence-electron chi connectivity index (χ2n) is 16.6. The molecule has 1 aromatic rings. The summed E-state index contributed by atoms with van der Waals surface area (Å²) >= 11 is 0. The van der Waals surface area contributed by atoms with Crippen molar-refractivity contribution in [2.75, 3.05) is 18.1 Å². The molecule has 0 aliphatic heterocycles. The van der Waals surface area contributed by atoms with Crippen LogP contribution in [-0.2, 0) is 10.7 Å². The van der Waals surface area contributed by atoms with Crippen LogP contribution in [0.3, 0.4) is 0 Å². The van der Waals surface area contributed by atoms with E-state index in [0.29, 0.717) is 42.2 Å². The first-order valence-electron chi connectivity index (χ1n) is 18.0. The van der Waals surface area contributed by atoms with E-state index < -0.39 is 53.3 Å². The summed E-state index contributed by atoms with van der Waals surface area (Å²) in [5, 5.41) is 0. The zero-order valence-electron chi connectivity index (χ0n) is 28.8. The molecule has 0 spiro atoms. The molecule has 0 bridgehead atoms. The summed E-state index contributed by atoms with van der Waals surface area (Å²) in [6.45, 7) is 7.81. The van der Waals surface area contributed by atoms with Crippen LogP contribution in [0.15, 0.2) is 18.2 Å². The summed E-state index contributed by atoms with van der Waals surface area (Å²) in [4.78, 5) is 0. The van der Waals surface area contributed by atoms with E-state index in [1.807, 2.05) is 0 Å². The van der Waals surface area contributed by atoms with Gasteiger partial charge in [0, 0.05) is 16.9 Å². The SMILES string of the molecule is CC(CCC[C@@H](C)[C@H]1CC[C@H]2[C@@H]3CCC4CCCC[C@]4(C)[C@H]3CC[C@]12C)COC(F)(F)C(F)(F)C(F)(F)C(F)(F)c1cc(N)cc(N)c1. The molecule has 0 radical (unpaired) electrons. The van der Waals surface area contributed by atoms with Gasteiger partial charge in [0.1, 0.15) is 0 Å².